The Balaban J connectivity index is 0.00000225. The number of anilines is 1. The van der Waals surface area contributed by atoms with Gasteiger partial charge in [-0.05, 0) is 6.07 Å². The van der Waals surface area contributed by atoms with E-state index in [9.17, 15) is 14.9 Å². The van der Waals surface area contributed by atoms with Crippen molar-refractivity contribution in [1.29, 1.82) is 0 Å². The molecule has 0 bridgehead atoms. The Labute approximate surface area is 150 Å². The van der Waals surface area contributed by atoms with Crippen LogP contribution in [0.15, 0.2) is 24.3 Å². The van der Waals surface area contributed by atoms with Gasteiger partial charge in [-0.3, -0.25) is 20.0 Å². The van der Waals surface area contributed by atoms with Crippen molar-refractivity contribution < 1.29 is 9.72 Å². The number of carbonyl (C=O) groups excluding carboxylic acids is 1. The first kappa shape index (κ1) is 18.7. The molecular weight excluding hydrogens is 348 g/mol. The number of nitrogens with one attached hydrogen (secondary N) is 4. The molecule has 25 heavy (non-hydrogen) atoms. The Morgan fingerprint density at radius 3 is 2.92 bits per heavy atom. The second kappa shape index (κ2) is 8.45. The number of hydrogen-bond acceptors (Lipinski definition) is 6. The van der Waals surface area contributed by atoms with E-state index >= 15 is 0 Å². The van der Waals surface area contributed by atoms with Crippen LogP contribution >= 0.6 is 12.4 Å². The highest BCUT2D eigenvalue weighted by Gasteiger charge is 2.21. The van der Waals surface area contributed by atoms with Crippen LogP contribution in [0.4, 0.5) is 11.4 Å². The van der Waals surface area contributed by atoms with Gasteiger partial charge in [-0.1, -0.05) is 12.1 Å². The maximum absolute atomic E-state index is 12.2. The second-order valence-electron chi connectivity index (χ2n) is 5.41. The fourth-order valence-electron chi connectivity index (χ4n) is 2.65. The third-order valence-corrected chi connectivity index (χ3v) is 3.85. The van der Waals surface area contributed by atoms with Gasteiger partial charge < -0.3 is 16.0 Å². The van der Waals surface area contributed by atoms with Crippen molar-refractivity contribution in [2.24, 2.45) is 0 Å². The first-order valence-corrected chi connectivity index (χ1v) is 7.69. The molecule has 0 fully saturated rings. The number of halogens is 1. The summed E-state index contributed by atoms with van der Waals surface area (Å²) in [6, 6.07) is 6.40. The molecule has 0 saturated carbocycles. The Morgan fingerprint density at radius 2 is 2.12 bits per heavy atom. The molecule has 1 aliphatic heterocycles. The number of amides is 1. The summed E-state index contributed by atoms with van der Waals surface area (Å²) in [4.78, 5) is 22.7. The zero-order valence-electron chi connectivity index (χ0n) is 13.4. The summed E-state index contributed by atoms with van der Waals surface area (Å²) in [5.74, 6) is -0.249. The van der Waals surface area contributed by atoms with E-state index in [4.69, 9.17) is 0 Å². The first-order valence-electron chi connectivity index (χ1n) is 7.69. The van der Waals surface area contributed by atoms with Crippen molar-refractivity contribution in [3.63, 3.8) is 0 Å². The molecule has 0 spiro atoms. The Hall–Kier alpha value is -2.65. The summed E-state index contributed by atoms with van der Waals surface area (Å²) in [6.07, 6.45) is 0.828. The van der Waals surface area contributed by atoms with Crippen molar-refractivity contribution >= 4 is 29.7 Å². The molecule has 2 heterocycles. The maximum atomic E-state index is 12.2. The molecule has 0 aliphatic carbocycles. The molecule has 4 N–H and O–H groups in total. The van der Waals surface area contributed by atoms with Crippen molar-refractivity contribution in [3.05, 3.63) is 51.3 Å². The van der Waals surface area contributed by atoms with Gasteiger partial charge in [0, 0.05) is 49.9 Å². The maximum Gasteiger partial charge on any atom is 0.292 e. The molecule has 1 aromatic heterocycles. The van der Waals surface area contributed by atoms with Gasteiger partial charge in [-0.15, -0.1) is 12.4 Å². The summed E-state index contributed by atoms with van der Waals surface area (Å²) >= 11 is 0. The molecule has 9 nitrogen and oxygen atoms in total. The number of para-hydroxylation sites is 2. The van der Waals surface area contributed by atoms with Gasteiger partial charge >= 0.3 is 0 Å². The molecule has 0 unspecified atom stereocenters. The number of nitro groups is 1. The lowest BCUT2D eigenvalue weighted by molar-refractivity contribution is -0.384. The van der Waals surface area contributed by atoms with Crippen molar-refractivity contribution in [2.75, 3.05) is 25.0 Å². The summed E-state index contributed by atoms with van der Waals surface area (Å²) in [7, 11) is 0. The smallest absolute Gasteiger partial charge is 0.292 e. The largest absolute Gasteiger partial charge is 0.378 e. The Kier molecular flexibility index (Phi) is 6.31. The van der Waals surface area contributed by atoms with E-state index < -0.39 is 4.92 Å². The van der Waals surface area contributed by atoms with Gasteiger partial charge in [0.05, 0.1) is 4.92 Å². The molecule has 0 saturated heterocycles. The number of aromatic amines is 1. The van der Waals surface area contributed by atoms with E-state index in [0.29, 0.717) is 31.0 Å². The van der Waals surface area contributed by atoms with Gasteiger partial charge in [0.1, 0.15) is 5.69 Å². The highest BCUT2D eigenvalue weighted by atomic mass is 35.5. The topological polar surface area (TPSA) is 125 Å². The van der Waals surface area contributed by atoms with Gasteiger partial charge in [0.2, 0.25) is 0 Å². The number of benzene rings is 1. The van der Waals surface area contributed by atoms with E-state index in [-0.39, 0.29) is 24.0 Å². The van der Waals surface area contributed by atoms with Gasteiger partial charge in [0.25, 0.3) is 11.6 Å². The molecule has 3 rings (SSSR count). The van der Waals surface area contributed by atoms with E-state index in [1.54, 1.807) is 18.2 Å². The number of hydrogen-bond donors (Lipinski definition) is 4. The van der Waals surface area contributed by atoms with Gasteiger partial charge in [-0.2, -0.15) is 5.10 Å². The fraction of sp³-hybridized carbons (Fsp3) is 0.333. The van der Waals surface area contributed by atoms with Crippen LogP contribution in [0.2, 0.25) is 0 Å². The van der Waals surface area contributed by atoms with Crippen molar-refractivity contribution in [1.82, 2.24) is 20.8 Å². The number of H-pyrrole nitrogens is 1. The Bertz CT molecular complexity index is 763. The SMILES string of the molecule is Cl.O=C(NCCNc1ccccc1[N+](=O)[O-])c1n[nH]c2c1CNCC2. The molecule has 2 aromatic rings. The average molecular weight is 367 g/mol. The van der Waals surface area contributed by atoms with Crippen LogP contribution in [0.3, 0.4) is 0 Å². The van der Waals surface area contributed by atoms with Crippen molar-refractivity contribution in [3.8, 4) is 0 Å². The number of nitro benzene ring substituents is 1. The standard InChI is InChI=1S/C15H18N6O3.ClH/c22-15(14-10-9-16-6-5-11(10)19-20-14)18-8-7-17-12-3-1-2-4-13(12)21(23)24;/h1-4,16-17H,5-9H2,(H,18,22)(H,19,20);1H. The quantitative estimate of drug-likeness (QED) is 0.346. The lowest BCUT2D eigenvalue weighted by atomic mass is 10.1. The summed E-state index contributed by atoms with van der Waals surface area (Å²) in [5, 5.41) is 26.9. The van der Waals surface area contributed by atoms with E-state index in [0.717, 1.165) is 24.2 Å². The van der Waals surface area contributed by atoms with E-state index in [1.165, 1.54) is 6.07 Å². The highest BCUT2D eigenvalue weighted by molar-refractivity contribution is 5.94. The summed E-state index contributed by atoms with van der Waals surface area (Å²) in [5.41, 5.74) is 2.75. The minimum absolute atomic E-state index is 0. The van der Waals surface area contributed by atoms with Crippen LogP contribution in [0.25, 0.3) is 0 Å². The molecule has 1 aliphatic rings. The predicted octanol–water partition coefficient (Wildman–Crippen LogP) is 1.23. The number of rotatable bonds is 6. The van der Waals surface area contributed by atoms with Gasteiger partial charge in [0.15, 0.2) is 5.69 Å². The number of nitrogens with zero attached hydrogens (tertiary/aromatic N) is 2. The Morgan fingerprint density at radius 1 is 1.32 bits per heavy atom. The van der Waals surface area contributed by atoms with Gasteiger partial charge in [-0.25, -0.2) is 0 Å². The average Bonchev–Trinajstić information content (AvgIpc) is 3.03. The first-order chi connectivity index (χ1) is 11.7. The predicted molar refractivity (Wildman–Crippen MR) is 95.2 cm³/mol. The lowest BCUT2D eigenvalue weighted by Crippen LogP contribution is -2.31. The fourth-order valence-corrected chi connectivity index (χ4v) is 2.65. The normalized spacial score (nSPS) is 12.6. The summed E-state index contributed by atoms with van der Waals surface area (Å²) < 4.78 is 0. The molecule has 0 radical (unpaired) electrons. The summed E-state index contributed by atoms with van der Waals surface area (Å²) in [6.45, 7) is 2.21. The van der Waals surface area contributed by atoms with E-state index in [1.807, 2.05) is 0 Å². The van der Waals surface area contributed by atoms with Crippen LogP contribution in [0.1, 0.15) is 21.7 Å². The number of carbonyl (C=O) groups is 1. The minimum Gasteiger partial charge on any atom is -0.378 e. The third kappa shape index (κ3) is 4.25. The van der Waals surface area contributed by atoms with Crippen LogP contribution in [0, 0.1) is 10.1 Å². The molecule has 1 amide bonds. The zero-order chi connectivity index (χ0) is 16.9. The minimum atomic E-state index is -0.441. The number of aromatic nitrogens is 2. The number of fused-ring (bicyclic) bond motifs is 1. The zero-order valence-corrected chi connectivity index (χ0v) is 14.2. The molecule has 0 atom stereocenters. The van der Waals surface area contributed by atoms with Crippen molar-refractivity contribution in [2.45, 2.75) is 13.0 Å². The van der Waals surface area contributed by atoms with Crippen LogP contribution in [-0.2, 0) is 13.0 Å². The lowest BCUT2D eigenvalue weighted by Gasteiger charge is -2.13. The molecule has 1 aromatic carbocycles. The van der Waals surface area contributed by atoms with Crippen LogP contribution in [0.5, 0.6) is 0 Å². The van der Waals surface area contributed by atoms with E-state index in [2.05, 4.69) is 26.1 Å². The van der Waals surface area contributed by atoms with Crippen LogP contribution in [-0.4, -0.2) is 40.7 Å². The molecule has 134 valence electrons. The molecule has 10 heteroatoms. The highest BCUT2D eigenvalue weighted by Crippen LogP contribution is 2.22. The third-order valence-electron chi connectivity index (χ3n) is 3.85. The van der Waals surface area contributed by atoms with Crippen LogP contribution < -0.4 is 16.0 Å². The second-order valence-corrected chi connectivity index (χ2v) is 5.41. The monoisotopic (exact) mass is 366 g/mol. The molecular formula is C15H19ClN6O3.